The lowest BCUT2D eigenvalue weighted by atomic mass is 10.1. The van der Waals surface area contributed by atoms with Crippen molar-refractivity contribution in [2.45, 2.75) is 40.2 Å². The minimum absolute atomic E-state index is 0. The quantitative estimate of drug-likeness (QED) is 0.472. The molecule has 0 amide bonds. The number of aliphatic hydroxyl groups excluding tert-OH is 3. The Morgan fingerprint density at radius 3 is 2.08 bits per heavy atom. The summed E-state index contributed by atoms with van der Waals surface area (Å²) in [5.41, 5.74) is 2.56. The van der Waals surface area contributed by atoms with E-state index < -0.39 is 0 Å². The third-order valence-corrected chi connectivity index (χ3v) is 4.02. The van der Waals surface area contributed by atoms with Gasteiger partial charge in [0.25, 0.3) is 0 Å². The highest BCUT2D eigenvalue weighted by Gasteiger charge is 2.23. The van der Waals surface area contributed by atoms with Crippen molar-refractivity contribution in [3.8, 4) is 11.5 Å². The summed E-state index contributed by atoms with van der Waals surface area (Å²) in [7, 11) is 0. The highest BCUT2D eigenvalue weighted by Crippen LogP contribution is 2.26. The van der Waals surface area contributed by atoms with Crippen LogP contribution in [0.15, 0.2) is 12.4 Å². The average molecular weight is 338 g/mol. The molecule has 0 saturated carbocycles. The van der Waals surface area contributed by atoms with Gasteiger partial charge in [-0.05, 0) is 6.92 Å². The number of hydrogen-bond acceptors (Lipinski definition) is 7. The topological polar surface area (TPSA) is 148 Å². The number of nitrogens with zero attached hydrogens (tertiary/aromatic N) is 2. The second kappa shape index (κ2) is 8.02. The van der Waals surface area contributed by atoms with Gasteiger partial charge in [0, 0.05) is 24.2 Å². The first-order valence-electron chi connectivity index (χ1n) is 7.17. The van der Waals surface area contributed by atoms with Crippen LogP contribution in [0.25, 0.3) is 0 Å². The van der Waals surface area contributed by atoms with E-state index in [4.69, 9.17) is 0 Å². The Hall–Kier alpha value is -2.26. The van der Waals surface area contributed by atoms with E-state index in [-0.39, 0.29) is 48.9 Å². The summed E-state index contributed by atoms with van der Waals surface area (Å²) < 4.78 is 1.65. The number of rotatable bonds is 5. The first-order chi connectivity index (χ1) is 10.9. The van der Waals surface area contributed by atoms with Crippen molar-refractivity contribution in [2.75, 3.05) is 0 Å². The van der Waals surface area contributed by atoms with Crippen LogP contribution < -0.4 is 4.57 Å². The molecule has 0 unspecified atom stereocenters. The van der Waals surface area contributed by atoms with Crippen LogP contribution in [0.1, 0.15) is 33.6 Å². The summed E-state index contributed by atoms with van der Waals surface area (Å²) in [6.07, 6.45) is 3.10. The molecule has 2 heterocycles. The summed E-state index contributed by atoms with van der Waals surface area (Å²) in [6.45, 7) is 2.51. The number of aromatic nitrogens is 2. The first kappa shape index (κ1) is 19.8. The molecule has 0 aliphatic rings. The highest BCUT2D eigenvalue weighted by atomic mass is 16.3. The molecule has 0 aliphatic heterocycles. The predicted octanol–water partition coefficient (Wildman–Crippen LogP) is -0.254. The Morgan fingerprint density at radius 2 is 1.54 bits per heavy atom. The maximum Gasteiger partial charge on any atom is 0.220 e. The van der Waals surface area contributed by atoms with Gasteiger partial charge in [-0.25, -0.2) is 0 Å². The SMILES string of the molecule is Cc1ncc(CO)c(C[n+]2cc(CO)c(CO)c(O)c2C)c1O.[OH-]. The lowest BCUT2D eigenvalue weighted by molar-refractivity contribution is -0.695. The van der Waals surface area contributed by atoms with E-state index in [2.05, 4.69) is 4.98 Å². The van der Waals surface area contributed by atoms with Crippen LogP contribution >= 0.6 is 0 Å². The Balaban J connectivity index is 0.00000288. The molecule has 0 saturated heterocycles. The Morgan fingerprint density at radius 1 is 0.917 bits per heavy atom. The normalized spacial score (nSPS) is 10.5. The lowest BCUT2D eigenvalue weighted by Crippen LogP contribution is -2.39. The number of hydrogen-bond donors (Lipinski definition) is 5. The van der Waals surface area contributed by atoms with Crippen molar-refractivity contribution in [3.05, 3.63) is 46.0 Å². The molecule has 0 radical (unpaired) electrons. The van der Waals surface area contributed by atoms with Crippen LogP contribution in [0, 0.1) is 13.8 Å². The van der Waals surface area contributed by atoms with Crippen molar-refractivity contribution in [1.29, 1.82) is 0 Å². The summed E-state index contributed by atoms with van der Waals surface area (Å²) >= 11 is 0. The maximum absolute atomic E-state index is 10.2. The zero-order chi connectivity index (χ0) is 17.1. The third kappa shape index (κ3) is 3.46. The van der Waals surface area contributed by atoms with Crippen LogP contribution in [0.3, 0.4) is 0 Å². The fourth-order valence-electron chi connectivity index (χ4n) is 2.51. The van der Waals surface area contributed by atoms with Crippen LogP contribution in [-0.4, -0.2) is 36.0 Å². The van der Waals surface area contributed by atoms with Crippen molar-refractivity contribution in [2.24, 2.45) is 0 Å². The van der Waals surface area contributed by atoms with E-state index in [1.165, 1.54) is 6.20 Å². The summed E-state index contributed by atoms with van der Waals surface area (Å²) in [5, 5.41) is 48.6. The molecule has 0 spiro atoms. The summed E-state index contributed by atoms with van der Waals surface area (Å²) in [4.78, 5) is 4.01. The zero-order valence-electron chi connectivity index (χ0n) is 13.6. The molecule has 0 aliphatic carbocycles. The summed E-state index contributed by atoms with van der Waals surface area (Å²) in [6, 6.07) is 0. The largest absolute Gasteiger partial charge is 0.870 e. The maximum atomic E-state index is 10.2. The van der Waals surface area contributed by atoms with Crippen molar-refractivity contribution < 1.29 is 35.6 Å². The summed E-state index contributed by atoms with van der Waals surface area (Å²) in [5.74, 6) is -0.116. The Labute approximate surface area is 139 Å². The number of aromatic hydroxyl groups is 2. The van der Waals surface area contributed by atoms with Gasteiger partial charge < -0.3 is 31.0 Å². The van der Waals surface area contributed by atoms with Gasteiger partial charge in [-0.3, -0.25) is 4.98 Å². The van der Waals surface area contributed by atoms with Crippen LogP contribution in [0.4, 0.5) is 0 Å². The van der Waals surface area contributed by atoms with Gasteiger partial charge in [0.15, 0.2) is 18.5 Å². The second-order valence-electron chi connectivity index (χ2n) is 5.37. The van der Waals surface area contributed by atoms with Crippen LogP contribution in [0.5, 0.6) is 11.5 Å². The van der Waals surface area contributed by atoms with E-state index in [9.17, 15) is 25.5 Å². The number of pyridine rings is 2. The molecule has 2 aromatic rings. The van der Waals surface area contributed by atoms with Gasteiger partial charge in [0.2, 0.25) is 5.69 Å². The molecule has 0 fully saturated rings. The highest BCUT2D eigenvalue weighted by molar-refractivity contribution is 5.41. The molecule has 0 aromatic carbocycles. The molecule has 0 bridgehead atoms. The molecule has 2 aromatic heterocycles. The fourth-order valence-corrected chi connectivity index (χ4v) is 2.51. The monoisotopic (exact) mass is 338 g/mol. The van der Waals surface area contributed by atoms with Crippen molar-refractivity contribution >= 4 is 0 Å². The van der Waals surface area contributed by atoms with E-state index in [1.54, 1.807) is 24.6 Å². The molecule has 8 heteroatoms. The Bertz CT molecular complexity index is 733. The fraction of sp³-hybridized carbons (Fsp3) is 0.375. The van der Waals surface area contributed by atoms with E-state index in [0.29, 0.717) is 28.1 Å². The first-order valence-corrected chi connectivity index (χ1v) is 7.17. The van der Waals surface area contributed by atoms with Gasteiger partial charge in [-0.1, -0.05) is 0 Å². The van der Waals surface area contributed by atoms with Crippen LogP contribution in [0.2, 0.25) is 0 Å². The van der Waals surface area contributed by atoms with Gasteiger partial charge in [-0.2, -0.15) is 4.57 Å². The van der Waals surface area contributed by atoms with Gasteiger partial charge in [0.1, 0.15) is 5.75 Å². The third-order valence-electron chi connectivity index (χ3n) is 4.02. The molecule has 8 nitrogen and oxygen atoms in total. The number of aliphatic hydroxyl groups is 3. The van der Waals surface area contributed by atoms with E-state index in [0.717, 1.165) is 0 Å². The zero-order valence-corrected chi connectivity index (χ0v) is 13.6. The van der Waals surface area contributed by atoms with E-state index in [1.807, 2.05) is 0 Å². The molecular weight excluding hydrogens is 316 g/mol. The minimum atomic E-state index is -0.384. The van der Waals surface area contributed by atoms with Gasteiger partial charge in [-0.15, -0.1) is 0 Å². The molecule has 132 valence electrons. The Kier molecular flexibility index (Phi) is 6.61. The van der Waals surface area contributed by atoms with Gasteiger partial charge in [0.05, 0.1) is 36.6 Å². The molecule has 6 N–H and O–H groups in total. The second-order valence-corrected chi connectivity index (χ2v) is 5.37. The molecule has 24 heavy (non-hydrogen) atoms. The van der Waals surface area contributed by atoms with Crippen molar-refractivity contribution in [1.82, 2.24) is 4.98 Å². The molecule has 0 atom stereocenters. The molecule has 2 rings (SSSR count). The average Bonchev–Trinajstić information content (AvgIpc) is 2.55. The van der Waals surface area contributed by atoms with Crippen LogP contribution in [-0.2, 0) is 26.4 Å². The van der Waals surface area contributed by atoms with Gasteiger partial charge >= 0.3 is 0 Å². The lowest BCUT2D eigenvalue weighted by Gasteiger charge is -2.13. The minimum Gasteiger partial charge on any atom is -0.870 e. The molecular formula is C16H22N2O6. The van der Waals surface area contributed by atoms with E-state index >= 15 is 0 Å². The van der Waals surface area contributed by atoms with Crippen molar-refractivity contribution in [3.63, 3.8) is 0 Å². The standard InChI is InChI=1S/C16H20N2O5.H2O/c1-9-15(22)13(11(6-19)3-17-9)5-18-4-12(7-20)14(8-21)16(23)10(18)2;/h3-4,19-21H,5-8H2,1-2H3,(H-,22,23);1H2. The smallest absolute Gasteiger partial charge is 0.220 e. The predicted molar refractivity (Wildman–Crippen MR) is 82.5 cm³/mol. The number of aryl methyl sites for hydroxylation is 1.